The molecule has 0 aromatic carbocycles. The zero-order chi connectivity index (χ0) is 28.9. The highest BCUT2D eigenvalue weighted by atomic mass is 28.4. The van der Waals surface area contributed by atoms with E-state index >= 15 is 0 Å². The van der Waals surface area contributed by atoms with Crippen molar-refractivity contribution in [1.29, 1.82) is 0 Å². The van der Waals surface area contributed by atoms with Crippen LogP contribution in [0.15, 0.2) is 18.5 Å². The molecule has 39 heavy (non-hydrogen) atoms. The zero-order valence-corrected chi connectivity index (χ0v) is 27.1. The number of hydrogen-bond donors (Lipinski definition) is 1. The van der Waals surface area contributed by atoms with Gasteiger partial charge in [0.25, 0.3) is 0 Å². The monoisotopic (exact) mass is 575 g/mol. The molecule has 4 heterocycles. The molecule has 0 bridgehead atoms. The number of carbonyl (C=O) groups excluding carboxylic acids is 1. The van der Waals surface area contributed by atoms with E-state index in [1.807, 2.05) is 11.5 Å². The van der Waals surface area contributed by atoms with Gasteiger partial charge in [-0.2, -0.15) is 9.97 Å². The maximum atomic E-state index is 11.8. The second-order valence-corrected chi connectivity index (χ2v) is 21.5. The molecular formula is C27H45N5O5Si2. The van der Waals surface area contributed by atoms with Gasteiger partial charge < -0.3 is 18.0 Å². The van der Waals surface area contributed by atoms with Crippen LogP contribution in [0.4, 0.5) is 5.95 Å². The molecule has 4 rings (SSSR count). The summed E-state index contributed by atoms with van der Waals surface area (Å²) in [5.74, 6) is 0.197. The quantitative estimate of drug-likeness (QED) is 0.298. The molecule has 0 spiro atoms. The van der Waals surface area contributed by atoms with Crippen molar-refractivity contribution in [2.24, 2.45) is 0 Å². The highest BCUT2D eigenvalue weighted by molar-refractivity contribution is 6.88. The van der Waals surface area contributed by atoms with Crippen LogP contribution in [-0.2, 0) is 18.1 Å². The summed E-state index contributed by atoms with van der Waals surface area (Å²) < 4.78 is 28.9. The molecule has 10 nitrogen and oxygen atoms in total. The molecule has 0 radical (unpaired) electrons. The number of fused-ring (bicyclic) bond motifs is 2. The molecule has 12 heteroatoms. The van der Waals surface area contributed by atoms with Crippen molar-refractivity contribution in [3.63, 3.8) is 0 Å². The van der Waals surface area contributed by atoms with Gasteiger partial charge in [0, 0.05) is 12.5 Å². The van der Waals surface area contributed by atoms with Crippen LogP contribution in [0, 0.1) is 0 Å². The standard InChI is InChI=1S/C27H45N5O5Si2/c1-12-34-25-22-24(30-27(31-25)29-20(11)33)32(14-28-22)26-19(10)23-21(36-26)13-35-39(17(6)7,18(8)9)37-38(23,15(2)3)16(4)5/h14-18,21,23,26H,10,12-13H2,1-9,11H3,(H,29,30,31,33). The van der Waals surface area contributed by atoms with Gasteiger partial charge in [-0.25, -0.2) is 4.98 Å². The van der Waals surface area contributed by atoms with Crippen LogP contribution in [-0.4, -0.2) is 61.6 Å². The Morgan fingerprint density at radius 2 is 1.77 bits per heavy atom. The fourth-order valence-electron chi connectivity index (χ4n) is 6.63. The molecule has 0 aliphatic carbocycles. The summed E-state index contributed by atoms with van der Waals surface area (Å²) in [5, 5.41) is 2.67. The van der Waals surface area contributed by atoms with E-state index in [4.69, 9.17) is 18.0 Å². The number of carbonyl (C=O) groups is 1. The summed E-state index contributed by atoms with van der Waals surface area (Å²) in [4.78, 5) is 25.4. The van der Waals surface area contributed by atoms with E-state index in [0.29, 0.717) is 52.4 Å². The fraction of sp³-hybridized carbons (Fsp3) is 0.704. The van der Waals surface area contributed by atoms with Gasteiger partial charge in [-0.1, -0.05) is 62.0 Å². The minimum Gasteiger partial charge on any atom is -0.476 e. The number of hydrogen-bond acceptors (Lipinski definition) is 8. The third-order valence-electron chi connectivity index (χ3n) is 8.31. The Morgan fingerprint density at radius 3 is 2.31 bits per heavy atom. The topological polar surface area (TPSA) is 110 Å². The predicted molar refractivity (Wildman–Crippen MR) is 157 cm³/mol. The Bertz CT molecular complexity index is 1210. The van der Waals surface area contributed by atoms with Crippen molar-refractivity contribution in [2.75, 3.05) is 18.5 Å². The second kappa shape index (κ2) is 11.0. The maximum absolute atomic E-state index is 11.8. The van der Waals surface area contributed by atoms with Gasteiger partial charge in [-0.05, 0) is 34.7 Å². The number of imidazole rings is 1. The molecule has 1 amide bonds. The third kappa shape index (κ3) is 4.88. The average Bonchev–Trinajstić information content (AvgIpc) is 3.34. The van der Waals surface area contributed by atoms with Crippen LogP contribution >= 0.6 is 0 Å². The van der Waals surface area contributed by atoms with E-state index in [9.17, 15) is 4.79 Å². The SMILES string of the molecule is C=C1C(n2cnc3c(OCC)nc(NC(C)=O)nc32)OC2CO[Si](C(C)C)(C(C)C)O[Si](C(C)C)(C(C)C)C12. The lowest BCUT2D eigenvalue weighted by Crippen LogP contribution is -2.60. The Hall–Kier alpha value is -2.13. The van der Waals surface area contributed by atoms with Crippen LogP contribution in [0.5, 0.6) is 5.88 Å². The largest absolute Gasteiger partial charge is 0.476 e. The number of rotatable bonds is 8. The van der Waals surface area contributed by atoms with Gasteiger partial charge in [-0.15, -0.1) is 0 Å². The van der Waals surface area contributed by atoms with Crippen molar-refractivity contribution in [2.45, 2.75) is 109 Å². The van der Waals surface area contributed by atoms with Crippen LogP contribution in [0.3, 0.4) is 0 Å². The van der Waals surface area contributed by atoms with Crippen LogP contribution in [0.2, 0.25) is 27.7 Å². The number of anilines is 1. The summed E-state index contributed by atoms with van der Waals surface area (Å²) in [6.07, 6.45) is 0.993. The Morgan fingerprint density at radius 1 is 1.13 bits per heavy atom. The first-order chi connectivity index (χ1) is 18.3. The van der Waals surface area contributed by atoms with Crippen LogP contribution in [0.1, 0.15) is 75.5 Å². The number of nitrogens with zero attached hydrogens (tertiary/aromatic N) is 4. The summed E-state index contributed by atoms with van der Waals surface area (Å²) in [6.45, 7) is 27.0. The normalized spacial score (nSPS) is 24.6. The minimum atomic E-state index is -2.57. The maximum Gasteiger partial charge on any atom is 0.333 e. The number of nitrogens with one attached hydrogen (secondary N) is 1. The summed E-state index contributed by atoms with van der Waals surface area (Å²) in [5.41, 5.74) is 3.29. The lowest BCUT2D eigenvalue weighted by atomic mass is 10.1. The highest BCUT2D eigenvalue weighted by Crippen LogP contribution is 2.59. The van der Waals surface area contributed by atoms with E-state index in [0.717, 1.165) is 5.57 Å². The predicted octanol–water partition coefficient (Wildman–Crippen LogP) is 6.08. The second-order valence-electron chi connectivity index (χ2n) is 12.0. The van der Waals surface area contributed by atoms with Crippen molar-refractivity contribution in [3.8, 4) is 5.88 Å². The van der Waals surface area contributed by atoms with Crippen LogP contribution in [0.25, 0.3) is 11.2 Å². The zero-order valence-electron chi connectivity index (χ0n) is 25.1. The van der Waals surface area contributed by atoms with Gasteiger partial charge in [0.2, 0.25) is 17.7 Å². The summed E-state index contributed by atoms with van der Waals surface area (Å²) >= 11 is 0. The van der Waals surface area contributed by atoms with Crippen molar-refractivity contribution >= 4 is 39.9 Å². The average molecular weight is 576 g/mol. The third-order valence-corrected chi connectivity index (χ3v) is 20.2. The first-order valence-electron chi connectivity index (χ1n) is 14.1. The van der Waals surface area contributed by atoms with Gasteiger partial charge in [0.1, 0.15) is 0 Å². The van der Waals surface area contributed by atoms with E-state index in [-0.39, 0.29) is 23.5 Å². The number of ether oxygens (including phenoxy) is 2. The Kier molecular flexibility index (Phi) is 8.45. The fourth-order valence-corrected chi connectivity index (χ4v) is 20.0. The van der Waals surface area contributed by atoms with Crippen molar-refractivity contribution < 1.29 is 22.8 Å². The van der Waals surface area contributed by atoms with Crippen molar-refractivity contribution in [3.05, 3.63) is 18.5 Å². The van der Waals surface area contributed by atoms with Gasteiger partial charge >= 0.3 is 8.56 Å². The molecule has 2 aliphatic rings. The summed E-state index contributed by atoms with van der Waals surface area (Å²) in [7, 11) is -5.13. The van der Waals surface area contributed by atoms with Gasteiger partial charge in [-0.3, -0.25) is 14.7 Å². The smallest absolute Gasteiger partial charge is 0.333 e. The van der Waals surface area contributed by atoms with E-state index in [2.05, 4.69) is 82.2 Å². The van der Waals surface area contributed by atoms with Crippen molar-refractivity contribution in [1.82, 2.24) is 19.5 Å². The molecule has 2 aromatic rings. The molecule has 2 saturated heterocycles. The van der Waals surface area contributed by atoms with E-state index in [1.54, 1.807) is 6.33 Å². The first kappa shape index (κ1) is 29.8. The first-order valence-corrected chi connectivity index (χ1v) is 18.2. The lowest BCUT2D eigenvalue weighted by molar-refractivity contribution is -0.114. The molecular weight excluding hydrogens is 530 g/mol. The molecule has 2 fully saturated rings. The summed E-state index contributed by atoms with van der Waals surface area (Å²) in [6, 6.07) is 0. The van der Waals surface area contributed by atoms with Gasteiger partial charge in [0.05, 0.1) is 25.6 Å². The molecule has 2 aromatic heterocycles. The Labute approximate surface area is 234 Å². The molecule has 2 aliphatic heterocycles. The van der Waals surface area contributed by atoms with E-state index in [1.165, 1.54) is 6.92 Å². The highest BCUT2D eigenvalue weighted by Gasteiger charge is 2.65. The molecule has 3 unspecified atom stereocenters. The number of aromatic nitrogens is 4. The lowest BCUT2D eigenvalue weighted by Gasteiger charge is -2.49. The molecule has 1 N–H and O–H groups in total. The van der Waals surface area contributed by atoms with E-state index < -0.39 is 23.1 Å². The van der Waals surface area contributed by atoms with Gasteiger partial charge in [0.15, 0.2) is 25.7 Å². The van der Waals surface area contributed by atoms with Crippen LogP contribution < -0.4 is 10.1 Å². The Balaban J connectivity index is 1.84. The molecule has 0 saturated carbocycles. The molecule has 3 atom stereocenters. The minimum absolute atomic E-state index is 0.0369. The number of amides is 1. The molecule has 216 valence electrons.